The third-order valence-corrected chi connectivity index (χ3v) is 7.42. The third-order valence-electron chi connectivity index (χ3n) is 6.26. The number of nitrogens with zero attached hydrogens (tertiary/aromatic N) is 4. The molecule has 2 aliphatic heterocycles. The van der Waals surface area contributed by atoms with Gasteiger partial charge in [-0.1, -0.05) is 41.7 Å². The molecule has 0 spiro atoms. The van der Waals surface area contributed by atoms with Crippen LogP contribution >= 0.6 is 11.3 Å². The van der Waals surface area contributed by atoms with Crippen molar-refractivity contribution in [2.75, 3.05) is 57.4 Å². The molecule has 3 N–H and O–H groups in total. The van der Waals surface area contributed by atoms with Gasteiger partial charge in [-0.25, -0.2) is 9.78 Å². The van der Waals surface area contributed by atoms with Crippen molar-refractivity contribution in [3.05, 3.63) is 36.0 Å². The number of hydrogen-bond acceptors (Lipinski definition) is 8. The van der Waals surface area contributed by atoms with Crippen LogP contribution in [0.5, 0.6) is 0 Å². The Morgan fingerprint density at radius 1 is 0.973 bits per heavy atom. The van der Waals surface area contributed by atoms with Crippen molar-refractivity contribution < 1.29 is 34.1 Å². The molecule has 198 valence electrons. The predicted octanol–water partition coefficient (Wildman–Crippen LogP) is 1.43. The second kappa shape index (κ2) is 12.0. The van der Waals surface area contributed by atoms with Gasteiger partial charge in [-0.3, -0.25) is 14.4 Å². The van der Waals surface area contributed by atoms with E-state index in [2.05, 4.69) is 10.3 Å². The zero-order valence-corrected chi connectivity index (χ0v) is 21.0. The summed E-state index contributed by atoms with van der Waals surface area (Å²) in [5.41, 5.74) is 1.03. The molecule has 2 saturated heterocycles. The fourth-order valence-electron chi connectivity index (χ4n) is 4.24. The minimum Gasteiger partial charge on any atom is -0.481 e. The van der Waals surface area contributed by atoms with E-state index in [-0.39, 0.29) is 44.7 Å². The highest BCUT2D eigenvalue weighted by molar-refractivity contribution is 7.19. The topological polar surface area (TPSA) is 153 Å². The number of aliphatic carboxylic acids is 1. The molecule has 2 aliphatic rings. The van der Waals surface area contributed by atoms with Gasteiger partial charge in [0.2, 0.25) is 5.91 Å². The van der Waals surface area contributed by atoms with Crippen LogP contribution in [0.4, 0.5) is 9.80 Å². The number of carbonyl (C=O) groups excluding carboxylic acids is 2. The van der Waals surface area contributed by atoms with Gasteiger partial charge >= 0.3 is 12.1 Å². The standard InChI is InChI=1S/C24H29N5O7S/c30-18(31)7-6-17(22(33)27-8-10-29(11-9-27)24(34)35)25-20(32)19-23(28-12-14-36-15-13-28)37-21(26-19)16-4-2-1-3-5-16/h1-5,17H,6-15H2,(H,25,32)(H,30,31)(H,34,35)/t17-/m0/s1. The van der Waals surface area contributed by atoms with Gasteiger partial charge in [0.1, 0.15) is 16.1 Å². The zero-order chi connectivity index (χ0) is 26.4. The van der Waals surface area contributed by atoms with Gasteiger partial charge in [-0.2, -0.15) is 0 Å². The highest BCUT2D eigenvalue weighted by atomic mass is 32.1. The highest BCUT2D eigenvalue weighted by Crippen LogP contribution is 2.35. The Morgan fingerprint density at radius 3 is 2.24 bits per heavy atom. The van der Waals surface area contributed by atoms with Crippen molar-refractivity contribution in [1.82, 2.24) is 20.1 Å². The summed E-state index contributed by atoms with van der Waals surface area (Å²) in [6.45, 7) is 2.83. The lowest BCUT2D eigenvalue weighted by Crippen LogP contribution is -2.55. The number of carboxylic acid groups (broad SMARTS) is 2. The summed E-state index contributed by atoms with van der Waals surface area (Å²) in [4.78, 5) is 58.6. The van der Waals surface area contributed by atoms with E-state index >= 15 is 0 Å². The fraction of sp³-hybridized carbons (Fsp3) is 0.458. The number of carboxylic acids is 1. The number of nitrogens with one attached hydrogen (secondary N) is 1. The van der Waals surface area contributed by atoms with E-state index in [0.29, 0.717) is 36.3 Å². The first-order valence-corrected chi connectivity index (χ1v) is 12.8. The number of carbonyl (C=O) groups is 4. The molecule has 2 aromatic rings. The Hall–Kier alpha value is -3.71. The number of rotatable bonds is 8. The average Bonchev–Trinajstić information content (AvgIpc) is 3.37. The molecule has 0 radical (unpaired) electrons. The molecule has 1 aromatic heterocycles. The molecule has 3 heterocycles. The van der Waals surface area contributed by atoms with Crippen molar-refractivity contribution in [2.24, 2.45) is 0 Å². The van der Waals surface area contributed by atoms with Crippen molar-refractivity contribution in [1.29, 1.82) is 0 Å². The van der Waals surface area contributed by atoms with E-state index in [1.165, 1.54) is 21.1 Å². The molecule has 0 bridgehead atoms. The normalized spacial score (nSPS) is 16.8. The number of piperazine rings is 1. The van der Waals surface area contributed by atoms with E-state index in [9.17, 15) is 24.3 Å². The summed E-state index contributed by atoms with van der Waals surface area (Å²) < 4.78 is 5.45. The van der Waals surface area contributed by atoms with E-state index < -0.39 is 29.9 Å². The molecule has 0 unspecified atom stereocenters. The Morgan fingerprint density at radius 2 is 1.62 bits per heavy atom. The van der Waals surface area contributed by atoms with Gasteiger partial charge in [0, 0.05) is 51.3 Å². The SMILES string of the molecule is O=C(O)CC[C@H](NC(=O)c1nc(-c2ccccc2)sc1N1CCOCC1)C(=O)N1CCN(C(=O)O)CC1. The van der Waals surface area contributed by atoms with Crippen LogP contribution in [0.1, 0.15) is 23.3 Å². The zero-order valence-electron chi connectivity index (χ0n) is 20.2. The molecule has 1 aromatic carbocycles. The summed E-state index contributed by atoms with van der Waals surface area (Å²) in [5, 5.41) is 22.4. The lowest BCUT2D eigenvalue weighted by molar-refractivity contribution is -0.138. The van der Waals surface area contributed by atoms with Crippen LogP contribution in [0.15, 0.2) is 30.3 Å². The van der Waals surface area contributed by atoms with E-state index in [1.54, 1.807) is 0 Å². The second-order valence-electron chi connectivity index (χ2n) is 8.69. The van der Waals surface area contributed by atoms with Crippen molar-refractivity contribution in [3.63, 3.8) is 0 Å². The monoisotopic (exact) mass is 531 g/mol. The van der Waals surface area contributed by atoms with Crippen LogP contribution in [-0.2, 0) is 14.3 Å². The summed E-state index contributed by atoms with van der Waals surface area (Å²) in [5.74, 6) is -2.09. The maximum absolute atomic E-state index is 13.5. The Bertz CT molecular complexity index is 1130. The molecule has 0 aliphatic carbocycles. The minimum atomic E-state index is -1.09. The highest BCUT2D eigenvalue weighted by Gasteiger charge is 2.32. The molecule has 2 fully saturated rings. The van der Waals surface area contributed by atoms with Crippen molar-refractivity contribution in [2.45, 2.75) is 18.9 Å². The fourth-order valence-corrected chi connectivity index (χ4v) is 5.36. The summed E-state index contributed by atoms with van der Waals surface area (Å²) in [7, 11) is 0. The molecule has 0 saturated carbocycles. The van der Waals surface area contributed by atoms with Crippen LogP contribution in [0, 0.1) is 0 Å². The maximum atomic E-state index is 13.5. The van der Waals surface area contributed by atoms with Crippen molar-refractivity contribution >= 4 is 40.2 Å². The first kappa shape index (κ1) is 26.4. The summed E-state index contributed by atoms with van der Waals surface area (Å²) >= 11 is 1.38. The third kappa shape index (κ3) is 6.54. The Balaban J connectivity index is 1.56. The second-order valence-corrected chi connectivity index (χ2v) is 9.67. The smallest absolute Gasteiger partial charge is 0.407 e. The first-order chi connectivity index (χ1) is 17.8. The summed E-state index contributed by atoms with van der Waals surface area (Å²) in [6.07, 6.45) is -1.47. The molecule has 4 rings (SSSR count). The van der Waals surface area contributed by atoms with Crippen LogP contribution in [-0.4, -0.2) is 107 Å². The van der Waals surface area contributed by atoms with E-state index in [0.717, 1.165) is 5.56 Å². The van der Waals surface area contributed by atoms with Gasteiger partial charge < -0.3 is 35.0 Å². The van der Waals surface area contributed by atoms with Gasteiger partial charge in [0.25, 0.3) is 5.91 Å². The minimum absolute atomic E-state index is 0.0956. The predicted molar refractivity (Wildman–Crippen MR) is 135 cm³/mol. The summed E-state index contributed by atoms with van der Waals surface area (Å²) in [6, 6.07) is 8.38. The van der Waals surface area contributed by atoms with E-state index in [4.69, 9.17) is 9.84 Å². The van der Waals surface area contributed by atoms with Crippen molar-refractivity contribution in [3.8, 4) is 10.6 Å². The first-order valence-electron chi connectivity index (χ1n) is 12.0. The number of benzene rings is 1. The molecule has 12 nitrogen and oxygen atoms in total. The van der Waals surface area contributed by atoms with Gasteiger partial charge in [-0.05, 0) is 6.42 Å². The lowest BCUT2D eigenvalue weighted by atomic mass is 10.1. The van der Waals surface area contributed by atoms with Crippen LogP contribution in [0.2, 0.25) is 0 Å². The molecule has 3 amide bonds. The van der Waals surface area contributed by atoms with Gasteiger partial charge in [0.15, 0.2) is 5.69 Å². The Labute approximate surface area is 217 Å². The van der Waals surface area contributed by atoms with E-state index in [1.807, 2.05) is 35.2 Å². The number of anilines is 1. The van der Waals surface area contributed by atoms with Crippen LogP contribution in [0.25, 0.3) is 10.6 Å². The molecule has 13 heteroatoms. The molecule has 1 atom stereocenters. The molecular weight excluding hydrogens is 502 g/mol. The molecule has 37 heavy (non-hydrogen) atoms. The average molecular weight is 532 g/mol. The number of aromatic nitrogens is 1. The lowest BCUT2D eigenvalue weighted by Gasteiger charge is -2.35. The molecular formula is C24H29N5O7S. The maximum Gasteiger partial charge on any atom is 0.407 e. The number of ether oxygens (including phenoxy) is 1. The van der Waals surface area contributed by atoms with Crippen LogP contribution < -0.4 is 10.2 Å². The largest absolute Gasteiger partial charge is 0.481 e. The Kier molecular flexibility index (Phi) is 8.56. The number of hydrogen-bond donors (Lipinski definition) is 3. The number of thiazole rings is 1. The van der Waals surface area contributed by atoms with Crippen LogP contribution in [0.3, 0.4) is 0 Å². The van der Waals surface area contributed by atoms with Gasteiger partial charge in [-0.15, -0.1) is 0 Å². The van der Waals surface area contributed by atoms with Gasteiger partial charge in [0.05, 0.1) is 13.2 Å². The quantitative estimate of drug-likeness (QED) is 0.459. The number of morpholine rings is 1. The number of amides is 3.